The third kappa shape index (κ3) is 2.09. The van der Waals surface area contributed by atoms with E-state index in [1.54, 1.807) is 6.07 Å². The summed E-state index contributed by atoms with van der Waals surface area (Å²) in [5.74, 6) is 0.899. The molecule has 0 saturated heterocycles. The van der Waals surface area contributed by atoms with Gasteiger partial charge < -0.3 is 9.15 Å². The van der Waals surface area contributed by atoms with Crippen molar-refractivity contribution in [2.24, 2.45) is 0 Å². The lowest BCUT2D eigenvalue weighted by atomic mass is 10.2. The van der Waals surface area contributed by atoms with Gasteiger partial charge in [0.1, 0.15) is 23.2 Å². The van der Waals surface area contributed by atoms with Crippen molar-refractivity contribution in [2.45, 2.75) is 6.92 Å². The first kappa shape index (κ1) is 13.1. The minimum atomic E-state index is 0.355. The molecule has 0 aliphatic carbocycles. The molecule has 22 heavy (non-hydrogen) atoms. The zero-order valence-corrected chi connectivity index (χ0v) is 12.5. The average molecular weight is 311 g/mol. The number of furan rings is 1. The molecule has 4 rings (SSSR count). The van der Waals surface area contributed by atoms with E-state index >= 15 is 0 Å². The van der Waals surface area contributed by atoms with Gasteiger partial charge in [-0.3, -0.25) is 0 Å². The van der Waals surface area contributed by atoms with Crippen molar-refractivity contribution < 1.29 is 9.15 Å². The molecule has 0 atom stereocenters. The Balaban J connectivity index is 1.90. The first-order chi connectivity index (χ1) is 10.7. The first-order valence-corrected chi connectivity index (χ1v) is 7.16. The molecule has 0 spiro atoms. The second-order valence-electron chi connectivity index (χ2n) is 4.99. The number of aromatic nitrogens is 2. The third-order valence-corrected chi connectivity index (χ3v) is 3.73. The van der Waals surface area contributed by atoms with Gasteiger partial charge in [0.15, 0.2) is 0 Å². The van der Waals surface area contributed by atoms with Gasteiger partial charge in [-0.2, -0.15) is 4.98 Å². The molecule has 4 nitrogen and oxygen atoms in total. The lowest BCUT2D eigenvalue weighted by Crippen LogP contribution is -1.91. The Hall–Kier alpha value is -2.59. The predicted molar refractivity (Wildman–Crippen MR) is 85.6 cm³/mol. The van der Waals surface area contributed by atoms with Crippen molar-refractivity contribution >= 4 is 33.7 Å². The number of benzene rings is 2. The summed E-state index contributed by atoms with van der Waals surface area (Å²) in [6, 6.07) is 13.3. The second-order valence-corrected chi connectivity index (χ2v) is 5.40. The number of hydrogen-bond acceptors (Lipinski definition) is 4. The van der Waals surface area contributed by atoms with Crippen LogP contribution in [0.25, 0.3) is 22.1 Å². The second kappa shape index (κ2) is 5.00. The van der Waals surface area contributed by atoms with Crippen molar-refractivity contribution in [1.29, 1.82) is 0 Å². The summed E-state index contributed by atoms with van der Waals surface area (Å²) in [5, 5.41) is 1.45. The van der Waals surface area contributed by atoms with E-state index in [1.807, 2.05) is 43.3 Å². The molecule has 2 heterocycles. The number of para-hydroxylation sites is 1. The summed E-state index contributed by atoms with van der Waals surface area (Å²) in [6.45, 7) is 1.97. The van der Waals surface area contributed by atoms with E-state index in [2.05, 4.69) is 9.97 Å². The van der Waals surface area contributed by atoms with Crippen LogP contribution >= 0.6 is 11.6 Å². The van der Waals surface area contributed by atoms with Gasteiger partial charge in [-0.15, -0.1) is 0 Å². The van der Waals surface area contributed by atoms with Crippen LogP contribution in [-0.2, 0) is 0 Å². The summed E-state index contributed by atoms with van der Waals surface area (Å²) in [6.07, 6.45) is 1.46. The first-order valence-electron chi connectivity index (χ1n) is 6.78. The molecule has 108 valence electrons. The maximum Gasteiger partial charge on any atom is 0.267 e. The number of aryl methyl sites for hydroxylation is 1. The van der Waals surface area contributed by atoms with Gasteiger partial charge in [-0.05, 0) is 36.8 Å². The Labute approximate surface area is 131 Å². The lowest BCUT2D eigenvalue weighted by molar-refractivity contribution is 0.456. The van der Waals surface area contributed by atoms with E-state index in [-0.39, 0.29) is 0 Å². The van der Waals surface area contributed by atoms with Gasteiger partial charge in [0, 0.05) is 5.39 Å². The number of ether oxygens (including phenoxy) is 1. The molecule has 2 aromatic heterocycles. The lowest BCUT2D eigenvalue weighted by Gasteiger charge is -2.07. The van der Waals surface area contributed by atoms with E-state index in [9.17, 15) is 0 Å². The topological polar surface area (TPSA) is 48.2 Å². The van der Waals surface area contributed by atoms with Gasteiger partial charge in [-0.1, -0.05) is 29.8 Å². The molecule has 5 heteroatoms. The minimum Gasteiger partial charge on any atom is -0.449 e. The monoisotopic (exact) mass is 310 g/mol. The Kier molecular flexibility index (Phi) is 2.98. The zero-order chi connectivity index (χ0) is 15.1. The summed E-state index contributed by atoms with van der Waals surface area (Å²) in [7, 11) is 0. The summed E-state index contributed by atoms with van der Waals surface area (Å²) >= 11 is 6.18. The fourth-order valence-corrected chi connectivity index (χ4v) is 2.52. The molecular weight excluding hydrogens is 300 g/mol. The van der Waals surface area contributed by atoms with Crippen molar-refractivity contribution in [3.05, 3.63) is 59.4 Å². The minimum absolute atomic E-state index is 0.355. The third-order valence-electron chi connectivity index (χ3n) is 3.42. The number of rotatable bonds is 2. The van der Waals surface area contributed by atoms with Gasteiger partial charge in [0.05, 0.1) is 5.02 Å². The molecule has 0 N–H and O–H groups in total. The molecular formula is C17H11ClN2O2. The Morgan fingerprint density at radius 2 is 1.95 bits per heavy atom. The molecule has 0 amide bonds. The largest absolute Gasteiger partial charge is 0.449 e. The van der Waals surface area contributed by atoms with E-state index in [0.717, 1.165) is 22.0 Å². The highest BCUT2D eigenvalue weighted by Gasteiger charge is 2.15. The van der Waals surface area contributed by atoms with Crippen LogP contribution < -0.4 is 4.74 Å². The normalized spacial score (nSPS) is 11.2. The smallest absolute Gasteiger partial charge is 0.267 e. The molecule has 0 aliphatic rings. The molecule has 0 unspecified atom stereocenters. The van der Waals surface area contributed by atoms with Crippen LogP contribution in [0.3, 0.4) is 0 Å². The van der Waals surface area contributed by atoms with Gasteiger partial charge in [0.25, 0.3) is 5.88 Å². The van der Waals surface area contributed by atoms with Crippen LogP contribution in [0.1, 0.15) is 5.56 Å². The number of hydrogen-bond donors (Lipinski definition) is 0. The molecule has 2 aromatic carbocycles. The van der Waals surface area contributed by atoms with E-state index < -0.39 is 0 Å². The van der Waals surface area contributed by atoms with Crippen LogP contribution in [0, 0.1) is 6.92 Å². The van der Waals surface area contributed by atoms with Gasteiger partial charge >= 0.3 is 0 Å². The van der Waals surface area contributed by atoms with Crippen molar-refractivity contribution in [1.82, 2.24) is 9.97 Å². The van der Waals surface area contributed by atoms with Crippen molar-refractivity contribution in [3.63, 3.8) is 0 Å². The highest BCUT2D eigenvalue weighted by atomic mass is 35.5. The number of halogens is 1. The Morgan fingerprint density at radius 1 is 1.09 bits per heavy atom. The fraction of sp³-hybridized carbons (Fsp3) is 0.0588. The highest BCUT2D eigenvalue weighted by molar-refractivity contribution is 6.32. The molecule has 0 aliphatic heterocycles. The maximum absolute atomic E-state index is 6.18. The predicted octanol–water partition coefficient (Wildman–Crippen LogP) is 5.13. The standard InChI is InChI=1S/C17H11ClN2O2/c1-10-6-7-12(18)14(8-10)22-17-16-15(19-9-20-17)11-4-2-3-5-13(11)21-16/h2-9H,1H3. The molecule has 0 saturated carbocycles. The Bertz CT molecular complexity index is 994. The van der Waals surface area contributed by atoms with Gasteiger partial charge in [0.2, 0.25) is 5.58 Å². The fourth-order valence-electron chi connectivity index (χ4n) is 2.37. The summed E-state index contributed by atoms with van der Waals surface area (Å²) in [5.41, 5.74) is 3.04. The van der Waals surface area contributed by atoms with E-state index in [0.29, 0.717) is 22.2 Å². The highest BCUT2D eigenvalue weighted by Crippen LogP contribution is 2.35. The summed E-state index contributed by atoms with van der Waals surface area (Å²) < 4.78 is 11.7. The number of fused-ring (bicyclic) bond motifs is 3. The quantitative estimate of drug-likeness (QED) is 0.515. The molecule has 4 aromatic rings. The van der Waals surface area contributed by atoms with Crippen LogP contribution in [0.4, 0.5) is 0 Å². The average Bonchev–Trinajstić information content (AvgIpc) is 2.91. The van der Waals surface area contributed by atoms with Crippen LogP contribution in [0.15, 0.2) is 53.2 Å². The van der Waals surface area contributed by atoms with Crippen molar-refractivity contribution in [2.75, 3.05) is 0 Å². The number of nitrogens with zero attached hydrogens (tertiary/aromatic N) is 2. The Morgan fingerprint density at radius 3 is 2.86 bits per heavy atom. The molecule has 0 fully saturated rings. The van der Waals surface area contributed by atoms with Crippen molar-refractivity contribution in [3.8, 4) is 11.6 Å². The summed E-state index contributed by atoms with van der Waals surface area (Å²) in [4.78, 5) is 8.48. The molecule has 0 bridgehead atoms. The van der Waals surface area contributed by atoms with Crippen LogP contribution in [-0.4, -0.2) is 9.97 Å². The van der Waals surface area contributed by atoms with Crippen LogP contribution in [0.2, 0.25) is 5.02 Å². The maximum atomic E-state index is 6.18. The van der Waals surface area contributed by atoms with E-state index in [4.69, 9.17) is 20.8 Å². The van der Waals surface area contributed by atoms with Crippen LogP contribution in [0.5, 0.6) is 11.6 Å². The van der Waals surface area contributed by atoms with Gasteiger partial charge in [-0.25, -0.2) is 4.98 Å². The SMILES string of the molecule is Cc1ccc(Cl)c(Oc2ncnc3c2oc2ccccc23)c1. The molecule has 0 radical (unpaired) electrons. The zero-order valence-electron chi connectivity index (χ0n) is 11.7. The van der Waals surface area contributed by atoms with E-state index in [1.165, 1.54) is 6.33 Å².